The first kappa shape index (κ1) is 14.7. The fraction of sp³-hybridized carbons (Fsp3) is 0.294. The van der Waals surface area contributed by atoms with Gasteiger partial charge in [0, 0.05) is 6.07 Å². The molecular formula is C17H19F2N. The molecule has 0 saturated carbocycles. The van der Waals surface area contributed by atoms with Crippen molar-refractivity contribution in [1.82, 2.24) is 5.32 Å². The summed E-state index contributed by atoms with van der Waals surface area (Å²) in [5.41, 5.74) is 2.78. The zero-order valence-corrected chi connectivity index (χ0v) is 11.8. The molecule has 106 valence electrons. The molecule has 1 unspecified atom stereocenters. The first-order chi connectivity index (χ1) is 9.60. The molecule has 2 aromatic carbocycles. The highest BCUT2D eigenvalue weighted by molar-refractivity contribution is 5.34. The van der Waals surface area contributed by atoms with Crippen LogP contribution in [0.3, 0.4) is 0 Å². The molecule has 3 heteroatoms. The second-order valence-electron chi connectivity index (χ2n) is 5.00. The van der Waals surface area contributed by atoms with Crippen LogP contribution in [0.5, 0.6) is 0 Å². The molecule has 0 aliphatic heterocycles. The molecule has 0 aromatic heterocycles. The number of halogens is 2. The van der Waals surface area contributed by atoms with Crippen LogP contribution < -0.4 is 5.32 Å². The zero-order chi connectivity index (χ0) is 14.5. The third kappa shape index (κ3) is 3.64. The van der Waals surface area contributed by atoms with Gasteiger partial charge in [0.25, 0.3) is 0 Å². The molecular weight excluding hydrogens is 256 g/mol. The van der Waals surface area contributed by atoms with Gasteiger partial charge in [-0.1, -0.05) is 36.8 Å². The lowest BCUT2D eigenvalue weighted by Gasteiger charge is -2.20. The van der Waals surface area contributed by atoms with E-state index in [4.69, 9.17) is 0 Å². The smallest absolute Gasteiger partial charge is 0.126 e. The van der Waals surface area contributed by atoms with Crippen LogP contribution in [0, 0.1) is 18.6 Å². The van der Waals surface area contributed by atoms with Crippen LogP contribution in [-0.4, -0.2) is 6.54 Å². The molecule has 2 aromatic rings. The number of rotatable bonds is 5. The van der Waals surface area contributed by atoms with Crippen LogP contribution in [-0.2, 0) is 0 Å². The van der Waals surface area contributed by atoms with Crippen molar-refractivity contribution in [2.24, 2.45) is 0 Å². The molecule has 0 bridgehead atoms. The minimum atomic E-state index is -0.546. The molecule has 0 heterocycles. The lowest BCUT2D eigenvalue weighted by atomic mass is 9.97. The molecule has 0 amide bonds. The summed E-state index contributed by atoms with van der Waals surface area (Å²) in [6.07, 6.45) is 0.958. The van der Waals surface area contributed by atoms with Crippen molar-refractivity contribution < 1.29 is 8.78 Å². The van der Waals surface area contributed by atoms with E-state index in [9.17, 15) is 8.78 Å². The lowest BCUT2D eigenvalue weighted by Crippen LogP contribution is -2.23. The molecule has 0 radical (unpaired) electrons. The Labute approximate surface area is 118 Å². The Morgan fingerprint density at radius 1 is 0.950 bits per heavy atom. The van der Waals surface area contributed by atoms with Gasteiger partial charge in [0.15, 0.2) is 0 Å². The second-order valence-corrected chi connectivity index (χ2v) is 5.00. The first-order valence-corrected chi connectivity index (χ1v) is 6.86. The largest absolute Gasteiger partial charge is 0.306 e. The van der Waals surface area contributed by atoms with E-state index < -0.39 is 11.6 Å². The SMILES string of the molecule is CCCNC(c1ccc(C)cc1)c1cc(F)cc(F)c1. The van der Waals surface area contributed by atoms with E-state index in [0.29, 0.717) is 5.56 Å². The highest BCUT2D eigenvalue weighted by Gasteiger charge is 2.15. The summed E-state index contributed by atoms with van der Waals surface area (Å²) in [5, 5.41) is 3.34. The fourth-order valence-electron chi connectivity index (χ4n) is 2.22. The van der Waals surface area contributed by atoms with E-state index >= 15 is 0 Å². The highest BCUT2D eigenvalue weighted by Crippen LogP contribution is 2.24. The van der Waals surface area contributed by atoms with Crippen molar-refractivity contribution in [1.29, 1.82) is 0 Å². The van der Waals surface area contributed by atoms with Gasteiger partial charge in [-0.05, 0) is 43.1 Å². The predicted octanol–water partition coefficient (Wildman–Crippen LogP) is 4.36. The normalized spacial score (nSPS) is 12.4. The van der Waals surface area contributed by atoms with Crippen molar-refractivity contribution in [2.75, 3.05) is 6.54 Å². The quantitative estimate of drug-likeness (QED) is 0.854. The molecule has 0 fully saturated rings. The summed E-state index contributed by atoms with van der Waals surface area (Å²) in [6, 6.07) is 11.5. The molecule has 2 rings (SSSR count). The number of nitrogens with one attached hydrogen (secondary N) is 1. The number of hydrogen-bond donors (Lipinski definition) is 1. The zero-order valence-electron chi connectivity index (χ0n) is 11.8. The Kier molecular flexibility index (Phi) is 4.85. The third-order valence-electron chi connectivity index (χ3n) is 3.23. The van der Waals surface area contributed by atoms with Crippen molar-refractivity contribution in [3.05, 3.63) is 70.8 Å². The van der Waals surface area contributed by atoms with Crippen molar-refractivity contribution in [2.45, 2.75) is 26.3 Å². The van der Waals surface area contributed by atoms with Crippen LogP contribution in [0.2, 0.25) is 0 Å². The van der Waals surface area contributed by atoms with Crippen LogP contribution in [0.25, 0.3) is 0 Å². The van der Waals surface area contributed by atoms with E-state index in [1.54, 1.807) is 0 Å². The Bertz CT molecular complexity index is 543. The number of aryl methyl sites for hydroxylation is 1. The van der Waals surface area contributed by atoms with E-state index in [0.717, 1.165) is 30.2 Å². The first-order valence-electron chi connectivity index (χ1n) is 6.86. The molecule has 0 aliphatic rings. The molecule has 1 N–H and O–H groups in total. The number of hydrogen-bond acceptors (Lipinski definition) is 1. The molecule has 1 nitrogen and oxygen atoms in total. The summed E-state index contributed by atoms with van der Waals surface area (Å²) in [5.74, 6) is -1.09. The summed E-state index contributed by atoms with van der Waals surface area (Å²) in [4.78, 5) is 0. The Morgan fingerprint density at radius 2 is 1.55 bits per heavy atom. The molecule has 1 atom stereocenters. The second kappa shape index (κ2) is 6.62. The molecule has 0 aliphatic carbocycles. The Balaban J connectivity index is 2.38. The van der Waals surface area contributed by atoms with Gasteiger partial charge >= 0.3 is 0 Å². The Morgan fingerprint density at radius 3 is 2.10 bits per heavy atom. The van der Waals surface area contributed by atoms with E-state index in [1.807, 2.05) is 31.2 Å². The van der Waals surface area contributed by atoms with E-state index in [1.165, 1.54) is 12.1 Å². The van der Waals surface area contributed by atoms with Crippen LogP contribution in [0.4, 0.5) is 8.78 Å². The monoisotopic (exact) mass is 275 g/mol. The average molecular weight is 275 g/mol. The number of benzene rings is 2. The summed E-state index contributed by atoms with van der Waals surface area (Å²) in [7, 11) is 0. The van der Waals surface area contributed by atoms with Gasteiger partial charge in [-0.2, -0.15) is 0 Å². The lowest BCUT2D eigenvalue weighted by molar-refractivity contribution is 0.558. The standard InChI is InChI=1S/C17H19F2N/c1-3-8-20-17(13-6-4-12(2)5-7-13)14-9-15(18)11-16(19)10-14/h4-7,9-11,17,20H,3,8H2,1-2H3. The van der Waals surface area contributed by atoms with Gasteiger partial charge < -0.3 is 5.32 Å². The maximum absolute atomic E-state index is 13.4. The van der Waals surface area contributed by atoms with Gasteiger partial charge in [0.2, 0.25) is 0 Å². The topological polar surface area (TPSA) is 12.0 Å². The van der Waals surface area contributed by atoms with Gasteiger partial charge in [0.05, 0.1) is 6.04 Å². The predicted molar refractivity (Wildman–Crippen MR) is 77.7 cm³/mol. The Hall–Kier alpha value is -1.74. The summed E-state index contributed by atoms with van der Waals surface area (Å²) < 4.78 is 26.8. The van der Waals surface area contributed by atoms with E-state index in [2.05, 4.69) is 12.2 Å². The highest BCUT2D eigenvalue weighted by atomic mass is 19.1. The van der Waals surface area contributed by atoms with Gasteiger partial charge in [-0.15, -0.1) is 0 Å². The maximum Gasteiger partial charge on any atom is 0.126 e. The maximum atomic E-state index is 13.4. The summed E-state index contributed by atoms with van der Waals surface area (Å²) in [6.45, 7) is 4.86. The van der Waals surface area contributed by atoms with Crippen LogP contribution in [0.15, 0.2) is 42.5 Å². The minimum absolute atomic E-state index is 0.194. The fourth-order valence-corrected chi connectivity index (χ4v) is 2.22. The van der Waals surface area contributed by atoms with Gasteiger partial charge in [-0.25, -0.2) is 8.78 Å². The van der Waals surface area contributed by atoms with E-state index in [-0.39, 0.29) is 6.04 Å². The third-order valence-corrected chi connectivity index (χ3v) is 3.23. The van der Waals surface area contributed by atoms with Crippen molar-refractivity contribution in [3.8, 4) is 0 Å². The van der Waals surface area contributed by atoms with Crippen LogP contribution >= 0.6 is 0 Å². The molecule has 0 saturated heterocycles. The molecule has 20 heavy (non-hydrogen) atoms. The summed E-state index contributed by atoms with van der Waals surface area (Å²) >= 11 is 0. The van der Waals surface area contributed by atoms with Crippen LogP contribution in [0.1, 0.15) is 36.1 Å². The van der Waals surface area contributed by atoms with Gasteiger partial charge in [-0.3, -0.25) is 0 Å². The van der Waals surface area contributed by atoms with Crippen molar-refractivity contribution >= 4 is 0 Å². The average Bonchev–Trinajstić information content (AvgIpc) is 2.40. The van der Waals surface area contributed by atoms with Crippen molar-refractivity contribution in [3.63, 3.8) is 0 Å². The minimum Gasteiger partial charge on any atom is -0.306 e. The molecule has 0 spiro atoms. The van der Waals surface area contributed by atoms with Gasteiger partial charge in [0.1, 0.15) is 11.6 Å².